The molecule has 0 saturated carbocycles. The summed E-state index contributed by atoms with van der Waals surface area (Å²) in [5.41, 5.74) is 0.872. The second-order valence-corrected chi connectivity index (χ2v) is 8.65. The van der Waals surface area contributed by atoms with Crippen molar-refractivity contribution in [1.29, 1.82) is 5.26 Å². The molecule has 1 aliphatic heterocycles. The van der Waals surface area contributed by atoms with E-state index in [1.54, 1.807) is 36.4 Å². The predicted octanol–water partition coefficient (Wildman–Crippen LogP) is 5.20. The molecule has 2 aromatic carbocycles. The number of ether oxygens (including phenoxy) is 1. The molecular weight excluding hydrogens is 398 g/mol. The largest absolute Gasteiger partial charge is 0.456 e. The molecular formula is C24H28ClN3O2. The number of rotatable bonds is 6. The van der Waals surface area contributed by atoms with Crippen LogP contribution in [0.15, 0.2) is 42.5 Å². The summed E-state index contributed by atoms with van der Waals surface area (Å²) in [5.74, 6) is 1.30. The Bertz CT molecular complexity index is 930. The predicted molar refractivity (Wildman–Crippen MR) is 119 cm³/mol. The number of benzene rings is 2. The summed E-state index contributed by atoms with van der Waals surface area (Å²) in [5, 5.41) is 9.70. The first-order valence-corrected chi connectivity index (χ1v) is 10.7. The van der Waals surface area contributed by atoms with Crippen LogP contribution >= 0.6 is 11.6 Å². The van der Waals surface area contributed by atoms with E-state index in [1.807, 2.05) is 11.0 Å². The quantitative estimate of drug-likeness (QED) is 0.638. The molecule has 0 radical (unpaired) electrons. The fraction of sp³-hybridized carbons (Fsp3) is 0.417. The maximum Gasteiger partial charge on any atom is 0.254 e. The second-order valence-electron chi connectivity index (χ2n) is 8.24. The van der Waals surface area contributed by atoms with Gasteiger partial charge in [-0.3, -0.25) is 4.79 Å². The number of carbonyl (C=O) groups excluding carboxylic acids is 1. The molecule has 0 unspecified atom stereocenters. The van der Waals surface area contributed by atoms with Crippen molar-refractivity contribution < 1.29 is 9.53 Å². The first-order chi connectivity index (χ1) is 14.4. The molecule has 5 nitrogen and oxygen atoms in total. The Morgan fingerprint density at radius 2 is 1.97 bits per heavy atom. The fourth-order valence-corrected chi connectivity index (χ4v) is 3.99. The number of nitrogens with zero attached hydrogens (tertiary/aromatic N) is 3. The summed E-state index contributed by atoms with van der Waals surface area (Å²) in [7, 11) is 2.12. The van der Waals surface area contributed by atoms with Gasteiger partial charge < -0.3 is 14.5 Å². The van der Waals surface area contributed by atoms with Crippen LogP contribution in [0.2, 0.25) is 5.02 Å². The monoisotopic (exact) mass is 425 g/mol. The van der Waals surface area contributed by atoms with Gasteiger partial charge in [-0.25, -0.2) is 0 Å². The number of hydrogen-bond acceptors (Lipinski definition) is 4. The van der Waals surface area contributed by atoms with Gasteiger partial charge in [0.25, 0.3) is 5.91 Å². The molecule has 1 heterocycles. The summed E-state index contributed by atoms with van der Waals surface area (Å²) < 4.78 is 5.91. The standard InChI is InChI=1S/C24H28ClN3O2/c1-17(2)16-28(19-10-12-27(3)13-11-19)24(29)18-6-4-7-20(14-18)30-23-9-5-8-22(25)21(23)15-26/h4-9,14,17,19H,10-13,16H2,1-3H3. The minimum absolute atomic E-state index is 0.0234. The maximum atomic E-state index is 13.4. The van der Waals surface area contributed by atoms with Crippen molar-refractivity contribution in [3.63, 3.8) is 0 Å². The first-order valence-electron chi connectivity index (χ1n) is 10.3. The molecule has 0 atom stereocenters. The highest BCUT2D eigenvalue weighted by molar-refractivity contribution is 6.31. The van der Waals surface area contributed by atoms with E-state index in [2.05, 4.69) is 31.9 Å². The van der Waals surface area contributed by atoms with E-state index in [0.717, 1.165) is 32.5 Å². The third-order valence-electron chi connectivity index (χ3n) is 5.35. The summed E-state index contributed by atoms with van der Waals surface area (Å²) in [6.45, 7) is 7.00. The molecule has 0 aromatic heterocycles. The Kier molecular flexibility index (Phi) is 7.36. The first kappa shape index (κ1) is 22.1. The third-order valence-corrected chi connectivity index (χ3v) is 5.66. The lowest BCUT2D eigenvalue weighted by atomic mass is 10.0. The van der Waals surface area contributed by atoms with Gasteiger partial charge in [-0.2, -0.15) is 5.26 Å². The second kappa shape index (κ2) is 9.97. The van der Waals surface area contributed by atoms with Crippen LogP contribution in [0.4, 0.5) is 0 Å². The molecule has 1 amide bonds. The average molecular weight is 426 g/mol. The zero-order valence-electron chi connectivity index (χ0n) is 17.8. The molecule has 1 fully saturated rings. The third kappa shape index (κ3) is 5.33. The van der Waals surface area contributed by atoms with Gasteiger partial charge in [0.2, 0.25) is 0 Å². The number of piperidine rings is 1. The van der Waals surface area contributed by atoms with Gasteiger partial charge in [0.15, 0.2) is 0 Å². The Morgan fingerprint density at radius 1 is 1.27 bits per heavy atom. The number of halogens is 1. The van der Waals surface area contributed by atoms with Crippen LogP contribution in [0.25, 0.3) is 0 Å². The SMILES string of the molecule is CC(C)CN(C(=O)c1cccc(Oc2cccc(Cl)c2C#N)c1)C1CCN(C)CC1. The molecule has 0 aliphatic carbocycles. The van der Waals surface area contributed by atoms with Crippen molar-refractivity contribution in [2.24, 2.45) is 5.92 Å². The summed E-state index contributed by atoms with van der Waals surface area (Å²) >= 11 is 6.10. The van der Waals surface area contributed by atoms with Crippen LogP contribution in [-0.4, -0.2) is 48.4 Å². The average Bonchev–Trinajstić information content (AvgIpc) is 2.72. The number of hydrogen-bond donors (Lipinski definition) is 0. The molecule has 2 aromatic rings. The highest BCUT2D eigenvalue weighted by Crippen LogP contribution is 2.30. The van der Waals surface area contributed by atoms with Crippen molar-refractivity contribution in [2.45, 2.75) is 32.7 Å². The van der Waals surface area contributed by atoms with Crippen LogP contribution in [0, 0.1) is 17.2 Å². The van der Waals surface area contributed by atoms with E-state index in [0.29, 0.717) is 28.0 Å². The van der Waals surface area contributed by atoms with E-state index in [1.165, 1.54) is 0 Å². The van der Waals surface area contributed by atoms with Crippen molar-refractivity contribution in [1.82, 2.24) is 9.80 Å². The van der Waals surface area contributed by atoms with Gasteiger partial charge >= 0.3 is 0 Å². The zero-order valence-corrected chi connectivity index (χ0v) is 18.5. The van der Waals surface area contributed by atoms with Gasteiger partial charge in [0, 0.05) is 18.2 Å². The number of nitriles is 1. The number of amides is 1. The van der Waals surface area contributed by atoms with Gasteiger partial charge in [0.05, 0.1) is 5.02 Å². The number of carbonyl (C=O) groups is 1. The summed E-state index contributed by atoms with van der Waals surface area (Å²) in [4.78, 5) is 17.8. The van der Waals surface area contributed by atoms with Crippen LogP contribution in [0.3, 0.4) is 0 Å². The van der Waals surface area contributed by atoms with Crippen molar-refractivity contribution >= 4 is 17.5 Å². The topological polar surface area (TPSA) is 56.6 Å². The smallest absolute Gasteiger partial charge is 0.254 e. The van der Waals surface area contributed by atoms with E-state index in [4.69, 9.17) is 16.3 Å². The van der Waals surface area contributed by atoms with Crippen molar-refractivity contribution in [2.75, 3.05) is 26.7 Å². The molecule has 6 heteroatoms. The highest BCUT2D eigenvalue weighted by atomic mass is 35.5. The molecule has 30 heavy (non-hydrogen) atoms. The molecule has 0 spiro atoms. The van der Waals surface area contributed by atoms with E-state index in [-0.39, 0.29) is 17.5 Å². The molecule has 1 aliphatic rings. The van der Waals surface area contributed by atoms with Crippen LogP contribution in [0.5, 0.6) is 11.5 Å². The minimum Gasteiger partial charge on any atom is -0.456 e. The molecule has 0 bridgehead atoms. The summed E-state index contributed by atoms with van der Waals surface area (Å²) in [6.07, 6.45) is 1.97. The van der Waals surface area contributed by atoms with Gasteiger partial charge in [-0.15, -0.1) is 0 Å². The Balaban J connectivity index is 1.83. The molecule has 3 rings (SSSR count). The van der Waals surface area contributed by atoms with Crippen molar-refractivity contribution in [3.05, 3.63) is 58.6 Å². The Morgan fingerprint density at radius 3 is 2.63 bits per heavy atom. The van der Waals surface area contributed by atoms with Crippen LogP contribution in [-0.2, 0) is 0 Å². The summed E-state index contributed by atoms with van der Waals surface area (Å²) in [6, 6.07) is 14.6. The van der Waals surface area contributed by atoms with Gasteiger partial charge in [-0.1, -0.05) is 37.6 Å². The zero-order chi connectivity index (χ0) is 21.7. The van der Waals surface area contributed by atoms with Gasteiger partial charge in [-0.05, 0) is 69.2 Å². The van der Waals surface area contributed by atoms with Crippen LogP contribution < -0.4 is 4.74 Å². The fourth-order valence-electron chi connectivity index (χ4n) is 3.78. The van der Waals surface area contributed by atoms with Crippen LogP contribution in [0.1, 0.15) is 42.6 Å². The molecule has 0 N–H and O–H groups in total. The lowest BCUT2D eigenvalue weighted by Gasteiger charge is -2.38. The highest BCUT2D eigenvalue weighted by Gasteiger charge is 2.28. The van der Waals surface area contributed by atoms with Crippen molar-refractivity contribution in [3.8, 4) is 17.6 Å². The lowest BCUT2D eigenvalue weighted by Crippen LogP contribution is -2.47. The van der Waals surface area contributed by atoms with E-state index < -0.39 is 0 Å². The minimum atomic E-state index is 0.0234. The maximum absolute atomic E-state index is 13.4. The van der Waals surface area contributed by atoms with Gasteiger partial charge in [0.1, 0.15) is 23.1 Å². The Hall–Kier alpha value is -2.55. The number of likely N-dealkylation sites (tertiary alicyclic amines) is 1. The normalized spacial score (nSPS) is 15.1. The van der Waals surface area contributed by atoms with E-state index in [9.17, 15) is 10.1 Å². The molecule has 1 saturated heterocycles. The van der Waals surface area contributed by atoms with E-state index >= 15 is 0 Å². The Labute approximate surface area is 183 Å². The molecule has 158 valence electrons. The lowest BCUT2D eigenvalue weighted by molar-refractivity contribution is 0.0559.